The van der Waals surface area contributed by atoms with Crippen LogP contribution in [0.25, 0.3) is 0 Å². The number of carbonyl (C=O) groups excluding carboxylic acids is 1. The Morgan fingerprint density at radius 2 is 2.50 bits per heavy atom. The van der Waals surface area contributed by atoms with Crippen LogP contribution in [0.1, 0.15) is 12.5 Å². The molecule has 2 amide bonds. The minimum absolute atomic E-state index is 0.00492. The number of aryl methyl sites for hydroxylation is 1. The molecule has 0 radical (unpaired) electrons. The van der Waals surface area contributed by atoms with E-state index in [1.54, 1.807) is 4.68 Å². The van der Waals surface area contributed by atoms with Crippen LogP contribution >= 0.6 is 0 Å². The van der Waals surface area contributed by atoms with Gasteiger partial charge in [0.1, 0.15) is 0 Å². The van der Waals surface area contributed by atoms with E-state index in [2.05, 4.69) is 10.4 Å². The van der Waals surface area contributed by atoms with Crippen LogP contribution in [0.4, 0.5) is 4.79 Å². The van der Waals surface area contributed by atoms with Gasteiger partial charge in [0.25, 0.3) is 0 Å². The lowest BCUT2D eigenvalue weighted by Crippen LogP contribution is -2.51. The van der Waals surface area contributed by atoms with Crippen LogP contribution < -0.4 is 5.32 Å². The average Bonchev–Trinajstić information content (AvgIpc) is 2.75. The summed E-state index contributed by atoms with van der Waals surface area (Å²) in [6.07, 6.45) is 4.59. The number of morpholine rings is 1. The highest BCUT2D eigenvalue weighted by atomic mass is 16.5. The Hall–Kier alpha value is -1.56. The van der Waals surface area contributed by atoms with E-state index < -0.39 is 0 Å². The average molecular weight is 252 g/mol. The fourth-order valence-corrected chi connectivity index (χ4v) is 2.05. The molecule has 6 heteroatoms. The lowest BCUT2D eigenvalue weighted by molar-refractivity contribution is 0.0191. The summed E-state index contributed by atoms with van der Waals surface area (Å²) in [5, 5.41) is 7.03. The minimum Gasteiger partial charge on any atom is -0.377 e. The second-order valence-corrected chi connectivity index (χ2v) is 4.62. The van der Waals surface area contributed by atoms with Gasteiger partial charge >= 0.3 is 6.03 Å². The van der Waals surface area contributed by atoms with E-state index in [1.165, 1.54) is 0 Å². The van der Waals surface area contributed by atoms with Crippen molar-refractivity contribution < 1.29 is 9.53 Å². The Kier molecular flexibility index (Phi) is 4.19. The standard InChI is InChI=1S/C12H20N4O2/c1-10-9-18-6-5-16(10)12(17)13-4-3-11-7-14-15(2)8-11/h7-8,10H,3-6,9H2,1-2H3,(H,13,17)/t10-/m0/s1. The molecule has 2 heterocycles. The summed E-state index contributed by atoms with van der Waals surface area (Å²) in [7, 11) is 1.89. The summed E-state index contributed by atoms with van der Waals surface area (Å²) in [6.45, 7) is 4.55. The molecule has 1 aliphatic heterocycles. The van der Waals surface area contributed by atoms with Gasteiger partial charge in [-0.3, -0.25) is 4.68 Å². The summed E-state index contributed by atoms with van der Waals surface area (Å²) < 4.78 is 7.07. The molecule has 6 nitrogen and oxygen atoms in total. The first-order valence-corrected chi connectivity index (χ1v) is 6.26. The molecule has 1 N–H and O–H groups in total. The summed E-state index contributed by atoms with van der Waals surface area (Å²) in [4.78, 5) is 13.8. The molecule has 1 aromatic rings. The van der Waals surface area contributed by atoms with Crippen molar-refractivity contribution in [2.45, 2.75) is 19.4 Å². The zero-order valence-electron chi connectivity index (χ0n) is 10.9. The Labute approximate surface area is 107 Å². The predicted octanol–water partition coefficient (Wildman–Crippen LogP) is 0.393. The number of urea groups is 1. The van der Waals surface area contributed by atoms with Crippen molar-refractivity contribution in [1.29, 1.82) is 0 Å². The van der Waals surface area contributed by atoms with E-state index in [-0.39, 0.29) is 12.1 Å². The zero-order valence-corrected chi connectivity index (χ0v) is 10.9. The number of carbonyl (C=O) groups is 1. The largest absolute Gasteiger partial charge is 0.377 e. The van der Waals surface area contributed by atoms with E-state index >= 15 is 0 Å². The van der Waals surface area contributed by atoms with Gasteiger partial charge < -0.3 is 15.0 Å². The molecule has 0 saturated carbocycles. The molecule has 0 aliphatic carbocycles. The number of hydrogen-bond acceptors (Lipinski definition) is 3. The number of aromatic nitrogens is 2. The van der Waals surface area contributed by atoms with E-state index in [0.717, 1.165) is 12.0 Å². The SMILES string of the molecule is C[C@H]1COCCN1C(=O)NCCc1cnn(C)c1. The zero-order chi connectivity index (χ0) is 13.0. The highest BCUT2D eigenvalue weighted by Gasteiger charge is 2.23. The monoisotopic (exact) mass is 252 g/mol. The molecule has 0 bridgehead atoms. The molecule has 1 fully saturated rings. The topological polar surface area (TPSA) is 59.4 Å². The fourth-order valence-electron chi connectivity index (χ4n) is 2.05. The van der Waals surface area contributed by atoms with Crippen LogP contribution in [0.3, 0.4) is 0 Å². The van der Waals surface area contributed by atoms with Crippen LogP contribution in [0.5, 0.6) is 0 Å². The highest BCUT2D eigenvalue weighted by molar-refractivity contribution is 5.74. The van der Waals surface area contributed by atoms with Crippen molar-refractivity contribution >= 4 is 6.03 Å². The third-order valence-corrected chi connectivity index (χ3v) is 3.08. The van der Waals surface area contributed by atoms with Crippen LogP contribution in [-0.4, -0.2) is 53.1 Å². The summed E-state index contributed by atoms with van der Waals surface area (Å²) in [5.74, 6) is 0. The van der Waals surface area contributed by atoms with Crippen LogP contribution in [0, 0.1) is 0 Å². The maximum atomic E-state index is 11.9. The van der Waals surface area contributed by atoms with E-state index in [1.807, 2.05) is 31.3 Å². The van der Waals surface area contributed by atoms with Gasteiger partial charge in [0.05, 0.1) is 25.5 Å². The molecule has 18 heavy (non-hydrogen) atoms. The summed E-state index contributed by atoms with van der Waals surface area (Å²) in [6, 6.07) is 0.145. The normalized spacial score (nSPS) is 19.9. The number of hydrogen-bond donors (Lipinski definition) is 1. The molecule has 1 atom stereocenters. The first-order valence-electron chi connectivity index (χ1n) is 6.26. The molecule has 2 rings (SSSR count). The van der Waals surface area contributed by atoms with Crippen LogP contribution in [-0.2, 0) is 18.2 Å². The first kappa shape index (κ1) is 12.9. The third-order valence-electron chi connectivity index (χ3n) is 3.08. The lowest BCUT2D eigenvalue weighted by Gasteiger charge is -2.33. The van der Waals surface area contributed by atoms with Crippen molar-refractivity contribution in [2.75, 3.05) is 26.3 Å². The minimum atomic E-state index is -0.00492. The molecule has 1 aliphatic rings. The van der Waals surface area contributed by atoms with Gasteiger partial charge in [-0.05, 0) is 18.9 Å². The molecule has 0 aromatic carbocycles. The second kappa shape index (κ2) is 5.86. The number of rotatable bonds is 3. The smallest absolute Gasteiger partial charge is 0.317 e. The van der Waals surface area contributed by atoms with Crippen molar-refractivity contribution in [1.82, 2.24) is 20.0 Å². The summed E-state index contributed by atoms with van der Waals surface area (Å²) in [5.41, 5.74) is 1.13. The second-order valence-electron chi connectivity index (χ2n) is 4.62. The van der Waals surface area contributed by atoms with Gasteiger partial charge in [0.2, 0.25) is 0 Å². The molecule has 0 unspecified atom stereocenters. The van der Waals surface area contributed by atoms with Crippen molar-refractivity contribution in [3.63, 3.8) is 0 Å². The number of nitrogens with zero attached hydrogens (tertiary/aromatic N) is 3. The Bertz CT molecular complexity index is 405. The molecule has 100 valence electrons. The summed E-state index contributed by atoms with van der Waals surface area (Å²) >= 11 is 0. The van der Waals surface area contributed by atoms with E-state index in [9.17, 15) is 4.79 Å². The van der Waals surface area contributed by atoms with Gasteiger partial charge in [-0.25, -0.2) is 4.79 Å². The van der Waals surface area contributed by atoms with Crippen molar-refractivity contribution in [3.8, 4) is 0 Å². The third kappa shape index (κ3) is 3.22. The maximum absolute atomic E-state index is 11.9. The molecule has 1 aromatic heterocycles. The first-order chi connectivity index (χ1) is 8.66. The van der Waals surface area contributed by atoms with Gasteiger partial charge in [-0.1, -0.05) is 0 Å². The number of nitrogens with one attached hydrogen (secondary N) is 1. The van der Waals surface area contributed by atoms with E-state index in [0.29, 0.717) is 26.3 Å². The van der Waals surface area contributed by atoms with Crippen molar-refractivity contribution in [2.24, 2.45) is 7.05 Å². The molecular weight excluding hydrogens is 232 g/mol. The molecule has 0 spiro atoms. The quantitative estimate of drug-likeness (QED) is 0.846. The predicted molar refractivity (Wildman–Crippen MR) is 67.3 cm³/mol. The fraction of sp³-hybridized carbons (Fsp3) is 0.667. The maximum Gasteiger partial charge on any atom is 0.317 e. The van der Waals surface area contributed by atoms with Crippen LogP contribution in [0.2, 0.25) is 0 Å². The van der Waals surface area contributed by atoms with Gasteiger partial charge in [-0.15, -0.1) is 0 Å². The molecule has 1 saturated heterocycles. The molecular formula is C12H20N4O2. The number of ether oxygens (including phenoxy) is 1. The van der Waals surface area contributed by atoms with Gasteiger partial charge in [-0.2, -0.15) is 5.10 Å². The van der Waals surface area contributed by atoms with Crippen molar-refractivity contribution in [3.05, 3.63) is 18.0 Å². The van der Waals surface area contributed by atoms with E-state index in [4.69, 9.17) is 4.74 Å². The Morgan fingerprint density at radius 3 is 3.17 bits per heavy atom. The lowest BCUT2D eigenvalue weighted by atomic mass is 10.2. The van der Waals surface area contributed by atoms with Gasteiger partial charge in [0, 0.05) is 26.3 Å². The van der Waals surface area contributed by atoms with Gasteiger partial charge in [0.15, 0.2) is 0 Å². The Balaban J connectivity index is 1.74. The number of amides is 2. The Morgan fingerprint density at radius 1 is 1.67 bits per heavy atom. The van der Waals surface area contributed by atoms with Crippen LogP contribution in [0.15, 0.2) is 12.4 Å². The highest BCUT2D eigenvalue weighted by Crippen LogP contribution is 2.06.